The quantitative estimate of drug-likeness (QED) is 0.819. The fourth-order valence-electron chi connectivity index (χ4n) is 2.60. The summed E-state index contributed by atoms with van der Waals surface area (Å²) in [5, 5.41) is 8.46. The second kappa shape index (κ2) is 6.60. The van der Waals surface area contributed by atoms with Crippen molar-refractivity contribution in [3.63, 3.8) is 0 Å². The van der Waals surface area contributed by atoms with Gasteiger partial charge in [-0.1, -0.05) is 12.2 Å². The van der Waals surface area contributed by atoms with Gasteiger partial charge >= 0.3 is 0 Å². The Balaban J connectivity index is 2.02. The smallest absolute Gasteiger partial charge is 0.229 e. The van der Waals surface area contributed by atoms with E-state index in [1.165, 1.54) is 0 Å². The van der Waals surface area contributed by atoms with Crippen molar-refractivity contribution in [3.8, 4) is 0 Å². The second-order valence-corrected chi connectivity index (χ2v) is 5.42. The first kappa shape index (κ1) is 15.2. The lowest BCUT2D eigenvalue weighted by atomic mass is 10.1. The fraction of sp³-hybridized carbons (Fsp3) is 0.375. The fourth-order valence-corrected chi connectivity index (χ4v) is 2.60. The third-order valence-corrected chi connectivity index (χ3v) is 3.80. The van der Waals surface area contributed by atoms with Gasteiger partial charge in [0.2, 0.25) is 5.95 Å². The number of rotatable bonds is 6. The van der Waals surface area contributed by atoms with Crippen LogP contribution in [0.2, 0.25) is 0 Å². The molecule has 1 saturated heterocycles. The predicted octanol–water partition coefficient (Wildman–Crippen LogP) is 1.78. The molecule has 7 heteroatoms. The van der Waals surface area contributed by atoms with E-state index in [4.69, 9.17) is 0 Å². The van der Waals surface area contributed by atoms with E-state index < -0.39 is 0 Å². The summed E-state index contributed by atoms with van der Waals surface area (Å²) in [5.41, 5.74) is 0.762. The highest BCUT2D eigenvalue weighted by atomic mass is 16.1. The van der Waals surface area contributed by atoms with E-state index in [0.717, 1.165) is 16.9 Å². The van der Waals surface area contributed by atoms with Gasteiger partial charge in [-0.25, -0.2) is 4.68 Å². The number of piperidine rings is 1. The van der Waals surface area contributed by atoms with Crippen molar-refractivity contribution < 1.29 is 4.79 Å². The molecule has 1 aliphatic heterocycles. The maximum atomic E-state index is 11.4. The SMILES string of the molecule is C=CCNc1nc(N2CCC(=O)CC2)nc2c1cnn2CC=C. The van der Waals surface area contributed by atoms with E-state index in [2.05, 4.69) is 33.5 Å². The molecule has 2 aromatic heterocycles. The Bertz CT molecular complexity index is 740. The number of hydrogen-bond acceptors (Lipinski definition) is 6. The van der Waals surface area contributed by atoms with E-state index in [-0.39, 0.29) is 0 Å². The number of fused-ring (bicyclic) bond motifs is 1. The van der Waals surface area contributed by atoms with Gasteiger partial charge in [0.15, 0.2) is 5.65 Å². The van der Waals surface area contributed by atoms with E-state index in [0.29, 0.717) is 50.8 Å². The van der Waals surface area contributed by atoms with Crippen molar-refractivity contribution in [2.24, 2.45) is 0 Å². The number of ketones is 1. The number of carbonyl (C=O) groups is 1. The number of carbonyl (C=O) groups excluding carboxylic acids is 1. The van der Waals surface area contributed by atoms with E-state index >= 15 is 0 Å². The Morgan fingerprint density at radius 1 is 1.22 bits per heavy atom. The lowest BCUT2D eigenvalue weighted by Crippen LogP contribution is -2.35. The number of anilines is 2. The highest BCUT2D eigenvalue weighted by Crippen LogP contribution is 2.24. The molecule has 2 aromatic rings. The number of nitrogens with one attached hydrogen (secondary N) is 1. The average molecular weight is 312 g/mol. The minimum Gasteiger partial charge on any atom is -0.366 e. The highest BCUT2D eigenvalue weighted by molar-refractivity contribution is 5.88. The van der Waals surface area contributed by atoms with Crippen LogP contribution in [0.4, 0.5) is 11.8 Å². The highest BCUT2D eigenvalue weighted by Gasteiger charge is 2.21. The Morgan fingerprint density at radius 3 is 2.70 bits per heavy atom. The average Bonchev–Trinajstić information content (AvgIpc) is 2.97. The molecule has 3 heterocycles. The van der Waals surface area contributed by atoms with Crippen LogP contribution in [0.15, 0.2) is 31.5 Å². The molecule has 3 rings (SSSR count). The molecule has 0 spiro atoms. The minimum atomic E-state index is 0.295. The number of allylic oxidation sites excluding steroid dienone is 1. The minimum absolute atomic E-state index is 0.295. The van der Waals surface area contributed by atoms with Crippen LogP contribution in [0, 0.1) is 0 Å². The number of aromatic nitrogens is 4. The van der Waals surface area contributed by atoms with Crippen molar-refractivity contribution in [3.05, 3.63) is 31.5 Å². The van der Waals surface area contributed by atoms with Gasteiger partial charge in [-0.15, -0.1) is 13.2 Å². The summed E-state index contributed by atoms with van der Waals surface area (Å²) in [4.78, 5) is 22.8. The van der Waals surface area contributed by atoms with Crippen LogP contribution in [0.3, 0.4) is 0 Å². The van der Waals surface area contributed by atoms with Gasteiger partial charge in [0.25, 0.3) is 0 Å². The molecule has 0 unspecified atom stereocenters. The first-order valence-corrected chi connectivity index (χ1v) is 7.68. The maximum absolute atomic E-state index is 11.4. The summed E-state index contributed by atoms with van der Waals surface area (Å²) < 4.78 is 1.79. The zero-order valence-corrected chi connectivity index (χ0v) is 13.0. The lowest BCUT2D eigenvalue weighted by molar-refractivity contribution is -0.119. The summed E-state index contributed by atoms with van der Waals surface area (Å²) in [7, 11) is 0. The van der Waals surface area contributed by atoms with Crippen LogP contribution in [0.25, 0.3) is 11.0 Å². The Hall–Kier alpha value is -2.70. The molecule has 7 nitrogen and oxygen atoms in total. The molecule has 0 aromatic carbocycles. The molecular formula is C16H20N6O. The Kier molecular flexibility index (Phi) is 4.36. The number of Topliss-reactive ketones (excluding diaryl/α,β-unsaturated/α-hetero) is 1. The molecule has 0 radical (unpaired) electrons. The summed E-state index contributed by atoms with van der Waals surface area (Å²) >= 11 is 0. The molecule has 1 aliphatic rings. The molecule has 0 atom stereocenters. The molecule has 0 amide bonds. The first-order valence-electron chi connectivity index (χ1n) is 7.68. The topological polar surface area (TPSA) is 75.9 Å². The standard InChI is InChI=1S/C16H20N6O/c1-3-7-17-14-13-11-18-22(8-4-2)15(13)20-16(19-14)21-9-5-12(23)6-10-21/h3-4,11H,1-2,5-10H2,(H,17,19,20). The van der Waals surface area contributed by atoms with Crippen LogP contribution >= 0.6 is 0 Å². The van der Waals surface area contributed by atoms with Gasteiger partial charge in [-0.05, 0) is 0 Å². The predicted molar refractivity (Wildman–Crippen MR) is 90.7 cm³/mol. The van der Waals surface area contributed by atoms with Gasteiger partial charge in [-0.3, -0.25) is 4.79 Å². The van der Waals surface area contributed by atoms with Crippen LogP contribution in [-0.4, -0.2) is 45.2 Å². The van der Waals surface area contributed by atoms with Crippen LogP contribution in [-0.2, 0) is 11.3 Å². The lowest BCUT2D eigenvalue weighted by Gasteiger charge is -2.26. The summed E-state index contributed by atoms with van der Waals surface area (Å²) in [5.74, 6) is 1.66. The van der Waals surface area contributed by atoms with Crippen molar-refractivity contribution in [1.82, 2.24) is 19.7 Å². The zero-order valence-electron chi connectivity index (χ0n) is 13.0. The van der Waals surface area contributed by atoms with Gasteiger partial charge in [-0.2, -0.15) is 15.1 Å². The van der Waals surface area contributed by atoms with Gasteiger partial charge in [0.05, 0.1) is 18.1 Å². The third kappa shape index (κ3) is 3.08. The first-order chi connectivity index (χ1) is 11.2. The van der Waals surface area contributed by atoms with Gasteiger partial charge in [0, 0.05) is 32.5 Å². The second-order valence-electron chi connectivity index (χ2n) is 5.42. The largest absolute Gasteiger partial charge is 0.366 e. The monoisotopic (exact) mass is 312 g/mol. The van der Waals surface area contributed by atoms with Crippen LogP contribution < -0.4 is 10.2 Å². The van der Waals surface area contributed by atoms with Crippen molar-refractivity contribution >= 4 is 28.6 Å². The van der Waals surface area contributed by atoms with Crippen molar-refractivity contribution in [2.75, 3.05) is 29.9 Å². The van der Waals surface area contributed by atoms with Gasteiger partial charge in [0.1, 0.15) is 11.6 Å². The summed E-state index contributed by atoms with van der Waals surface area (Å²) in [6, 6.07) is 0. The Labute approximate surface area is 134 Å². The Morgan fingerprint density at radius 2 is 2.00 bits per heavy atom. The molecule has 1 fully saturated rings. The molecule has 0 bridgehead atoms. The van der Waals surface area contributed by atoms with E-state index in [1.54, 1.807) is 23.0 Å². The summed E-state index contributed by atoms with van der Waals surface area (Å²) in [6.45, 7) is 9.97. The molecule has 0 saturated carbocycles. The molecule has 120 valence electrons. The molecule has 0 aliphatic carbocycles. The van der Waals surface area contributed by atoms with Crippen LogP contribution in [0.1, 0.15) is 12.8 Å². The van der Waals surface area contributed by atoms with E-state index in [9.17, 15) is 4.79 Å². The molecule has 1 N–H and O–H groups in total. The molecule has 23 heavy (non-hydrogen) atoms. The number of hydrogen-bond donors (Lipinski definition) is 1. The van der Waals surface area contributed by atoms with E-state index in [1.807, 2.05) is 4.90 Å². The normalized spacial score (nSPS) is 15.0. The molecular weight excluding hydrogens is 292 g/mol. The zero-order chi connectivity index (χ0) is 16.2. The third-order valence-electron chi connectivity index (χ3n) is 3.80. The van der Waals surface area contributed by atoms with Gasteiger partial charge < -0.3 is 10.2 Å². The summed E-state index contributed by atoms with van der Waals surface area (Å²) in [6.07, 6.45) is 6.41. The number of nitrogens with zero attached hydrogens (tertiary/aromatic N) is 5. The van der Waals surface area contributed by atoms with Crippen molar-refractivity contribution in [1.29, 1.82) is 0 Å². The van der Waals surface area contributed by atoms with Crippen molar-refractivity contribution in [2.45, 2.75) is 19.4 Å². The maximum Gasteiger partial charge on any atom is 0.229 e. The van der Waals surface area contributed by atoms with Crippen LogP contribution in [0.5, 0.6) is 0 Å².